The van der Waals surface area contributed by atoms with E-state index in [4.69, 9.17) is 47.4 Å². The maximum absolute atomic E-state index is 6.63. The molecule has 0 unspecified atom stereocenters. The van der Waals surface area contributed by atoms with Crippen molar-refractivity contribution in [3.8, 4) is 0 Å². The minimum Gasteiger partial charge on any atom is -0.382 e. The van der Waals surface area contributed by atoms with Crippen LogP contribution < -0.4 is 0 Å². The first-order valence-electron chi connectivity index (χ1n) is 16.2. The van der Waals surface area contributed by atoms with Crippen LogP contribution in [0.25, 0.3) is 0 Å². The van der Waals surface area contributed by atoms with Gasteiger partial charge in [-0.15, -0.1) is 0 Å². The van der Waals surface area contributed by atoms with Gasteiger partial charge in [-0.2, -0.15) is 0 Å². The van der Waals surface area contributed by atoms with Crippen LogP contribution in [0.2, 0.25) is 0 Å². The molecule has 0 spiro atoms. The van der Waals surface area contributed by atoms with Gasteiger partial charge in [0, 0.05) is 14.2 Å². The Hall–Kier alpha value is -2.74. The Bertz CT molecular complexity index is 1170. The Kier molecular flexibility index (Phi) is 18.0. The molecule has 0 N–H and O–H groups in total. The number of benzene rings is 3. The molecule has 3 aromatic rings. The van der Waals surface area contributed by atoms with E-state index in [2.05, 4.69) is 0 Å². The third-order valence-corrected chi connectivity index (χ3v) is 7.51. The second kappa shape index (κ2) is 22.8. The molecule has 0 saturated carbocycles. The lowest BCUT2D eigenvalue weighted by atomic mass is 9.98. The van der Waals surface area contributed by atoms with Crippen molar-refractivity contribution >= 4 is 0 Å². The first-order chi connectivity index (χ1) is 23.3. The molecule has 1 heterocycles. The molecule has 5 atom stereocenters. The zero-order chi connectivity index (χ0) is 32.8. The summed E-state index contributed by atoms with van der Waals surface area (Å²) >= 11 is 0. The fourth-order valence-electron chi connectivity index (χ4n) is 5.07. The van der Waals surface area contributed by atoms with Gasteiger partial charge in [-0.05, 0) is 16.7 Å². The highest BCUT2D eigenvalue weighted by atomic mass is 16.7. The van der Waals surface area contributed by atoms with Gasteiger partial charge in [0.25, 0.3) is 0 Å². The zero-order valence-corrected chi connectivity index (χ0v) is 27.6. The van der Waals surface area contributed by atoms with Gasteiger partial charge in [-0.3, -0.25) is 0 Å². The fourth-order valence-corrected chi connectivity index (χ4v) is 5.07. The van der Waals surface area contributed by atoms with E-state index in [1.165, 1.54) is 0 Å². The van der Waals surface area contributed by atoms with E-state index in [-0.39, 0.29) is 6.61 Å². The van der Waals surface area contributed by atoms with Crippen molar-refractivity contribution in [1.82, 2.24) is 0 Å². The van der Waals surface area contributed by atoms with Crippen LogP contribution >= 0.6 is 0 Å². The van der Waals surface area contributed by atoms with E-state index in [9.17, 15) is 0 Å². The lowest BCUT2D eigenvalue weighted by Gasteiger charge is -2.45. The Morgan fingerprint density at radius 1 is 0.468 bits per heavy atom. The van der Waals surface area contributed by atoms with Crippen LogP contribution in [0.15, 0.2) is 91.0 Å². The summed E-state index contributed by atoms with van der Waals surface area (Å²) in [4.78, 5) is 0. The molecule has 0 aliphatic carbocycles. The van der Waals surface area contributed by atoms with E-state index < -0.39 is 30.7 Å². The van der Waals surface area contributed by atoms with Crippen molar-refractivity contribution in [3.63, 3.8) is 0 Å². The first kappa shape index (κ1) is 37.1. The molecule has 10 heteroatoms. The molecule has 3 aromatic carbocycles. The Morgan fingerprint density at radius 2 is 0.872 bits per heavy atom. The molecule has 10 nitrogen and oxygen atoms in total. The summed E-state index contributed by atoms with van der Waals surface area (Å²) < 4.78 is 59.6. The van der Waals surface area contributed by atoms with Gasteiger partial charge in [-0.25, -0.2) is 0 Å². The van der Waals surface area contributed by atoms with Crippen LogP contribution in [0.1, 0.15) is 16.7 Å². The molecule has 1 aliphatic rings. The second-order valence-electron chi connectivity index (χ2n) is 11.0. The van der Waals surface area contributed by atoms with Gasteiger partial charge in [0.15, 0.2) is 6.29 Å². The smallest absolute Gasteiger partial charge is 0.186 e. The molecular weight excluding hydrogens is 604 g/mol. The number of methoxy groups -OCH3 is 2. The number of rotatable bonds is 24. The van der Waals surface area contributed by atoms with Gasteiger partial charge in [0.05, 0.1) is 79.3 Å². The molecule has 1 aliphatic heterocycles. The topological polar surface area (TPSA) is 92.3 Å². The van der Waals surface area contributed by atoms with Crippen molar-refractivity contribution in [1.29, 1.82) is 0 Å². The Morgan fingerprint density at radius 3 is 1.32 bits per heavy atom. The Labute approximate surface area is 279 Å². The first-order valence-corrected chi connectivity index (χ1v) is 16.2. The molecule has 1 fully saturated rings. The normalized spacial score (nSPS) is 21.2. The summed E-state index contributed by atoms with van der Waals surface area (Å²) in [6.45, 7) is 5.29. The van der Waals surface area contributed by atoms with Crippen molar-refractivity contribution in [2.45, 2.75) is 50.5 Å². The van der Waals surface area contributed by atoms with Crippen LogP contribution in [0, 0.1) is 0 Å². The zero-order valence-electron chi connectivity index (χ0n) is 27.6. The summed E-state index contributed by atoms with van der Waals surface area (Å²) in [7, 11) is 3.26. The largest absolute Gasteiger partial charge is 0.382 e. The SMILES string of the molecule is COCCOCCOCCOCCOC[C@H]1O[C@H](OC)[C@H](OCc2ccccc2)[C@@H](OCc2ccccc2)[C@@H]1OCc1ccccc1. The standard InChI is InChI=1S/C37H50O10/c1-38-18-19-40-20-21-41-22-23-42-24-25-43-29-33-34(44-26-30-12-6-3-7-13-30)35(45-27-31-14-8-4-9-15-31)36(37(39-2)47-33)46-28-32-16-10-5-11-17-32/h3-17,33-37H,18-29H2,1-2H3/t33-,34-,35+,36-,37+/m1/s1. The summed E-state index contributed by atoms with van der Waals surface area (Å²) in [6.07, 6.45) is -2.76. The van der Waals surface area contributed by atoms with E-state index >= 15 is 0 Å². The summed E-state index contributed by atoms with van der Waals surface area (Å²) in [5.41, 5.74) is 3.13. The molecule has 0 bridgehead atoms. The van der Waals surface area contributed by atoms with Crippen molar-refractivity contribution in [3.05, 3.63) is 108 Å². The minimum atomic E-state index is -0.698. The van der Waals surface area contributed by atoms with Crippen LogP contribution in [0.3, 0.4) is 0 Å². The lowest BCUT2D eigenvalue weighted by molar-refractivity contribution is -0.323. The van der Waals surface area contributed by atoms with E-state index in [0.717, 1.165) is 16.7 Å². The average molecular weight is 655 g/mol. The fraction of sp³-hybridized carbons (Fsp3) is 0.514. The highest BCUT2D eigenvalue weighted by molar-refractivity contribution is 5.15. The third-order valence-electron chi connectivity index (χ3n) is 7.51. The predicted octanol–water partition coefficient (Wildman–Crippen LogP) is 4.83. The van der Waals surface area contributed by atoms with Crippen LogP contribution in [-0.2, 0) is 67.2 Å². The molecule has 258 valence electrons. The third kappa shape index (κ3) is 13.7. The van der Waals surface area contributed by atoms with Crippen LogP contribution in [-0.4, -0.2) is 104 Å². The van der Waals surface area contributed by atoms with Crippen LogP contribution in [0.5, 0.6) is 0 Å². The molecule has 0 aromatic heterocycles. The number of hydrogen-bond acceptors (Lipinski definition) is 10. The van der Waals surface area contributed by atoms with Crippen molar-refractivity contribution < 1.29 is 47.4 Å². The Balaban J connectivity index is 1.36. The minimum absolute atomic E-state index is 0.259. The van der Waals surface area contributed by atoms with E-state index in [1.807, 2.05) is 91.0 Å². The maximum Gasteiger partial charge on any atom is 0.186 e. The van der Waals surface area contributed by atoms with E-state index in [0.29, 0.717) is 72.7 Å². The highest BCUT2D eigenvalue weighted by Crippen LogP contribution is 2.31. The van der Waals surface area contributed by atoms with Gasteiger partial charge >= 0.3 is 0 Å². The van der Waals surface area contributed by atoms with Crippen molar-refractivity contribution in [2.75, 3.05) is 73.7 Å². The summed E-state index contributed by atoms with van der Waals surface area (Å²) in [5, 5.41) is 0. The maximum atomic E-state index is 6.63. The summed E-state index contributed by atoms with van der Waals surface area (Å²) in [6, 6.07) is 30.1. The molecule has 0 radical (unpaired) electrons. The van der Waals surface area contributed by atoms with Gasteiger partial charge in [-0.1, -0.05) is 91.0 Å². The average Bonchev–Trinajstić information content (AvgIpc) is 3.12. The molecule has 4 rings (SSSR count). The molecule has 47 heavy (non-hydrogen) atoms. The molecular formula is C37H50O10. The van der Waals surface area contributed by atoms with E-state index in [1.54, 1.807) is 14.2 Å². The van der Waals surface area contributed by atoms with Gasteiger partial charge < -0.3 is 47.4 Å². The number of hydrogen-bond donors (Lipinski definition) is 0. The van der Waals surface area contributed by atoms with Gasteiger partial charge in [0.1, 0.15) is 24.4 Å². The molecule has 0 amide bonds. The monoisotopic (exact) mass is 654 g/mol. The lowest BCUT2D eigenvalue weighted by Crippen LogP contribution is -2.61. The number of ether oxygens (including phenoxy) is 10. The quantitative estimate of drug-likeness (QED) is 0.125. The molecule has 1 saturated heterocycles. The predicted molar refractivity (Wildman–Crippen MR) is 176 cm³/mol. The second-order valence-corrected chi connectivity index (χ2v) is 11.0. The highest BCUT2D eigenvalue weighted by Gasteiger charge is 2.48. The van der Waals surface area contributed by atoms with Crippen LogP contribution in [0.4, 0.5) is 0 Å². The van der Waals surface area contributed by atoms with Crippen molar-refractivity contribution in [2.24, 2.45) is 0 Å². The van der Waals surface area contributed by atoms with Gasteiger partial charge in [0.2, 0.25) is 0 Å². The summed E-state index contributed by atoms with van der Waals surface area (Å²) in [5.74, 6) is 0.